The fourth-order valence-electron chi connectivity index (χ4n) is 0.954. The van der Waals surface area contributed by atoms with Crippen molar-refractivity contribution in [1.82, 2.24) is 15.2 Å². The van der Waals surface area contributed by atoms with E-state index in [9.17, 15) is 4.39 Å². The second-order valence-electron chi connectivity index (χ2n) is 2.54. The normalized spacial score (nSPS) is 10.4. The highest BCUT2D eigenvalue weighted by Gasteiger charge is 2.07. The minimum atomic E-state index is -0.422. The van der Waals surface area contributed by atoms with E-state index in [4.69, 9.17) is 5.73 Å². The molecule has 2 aromatic rings. The minimum absolute atomic E-state index is 0.133. The van der Waals surface area contributed by atoms with Gasteiger partial charge in [0, 0.05) is 4.90 Å². The number of benzene rings is 1. The summed E-state index contributed by atoms with van der Waals surface area (Å²) < 4.78 is 13.0. The van der Waals surface area contributed by atoms with Crippen LogP contribution in [0.15, 0.2) is 34.6 Å². The fourth-order valence-corrected chi connectivity index (χ4v) is 1.71. The van der Waals surface area contributed by atoms with Crippen molar-refractivity contribution in [3.05, 3.63) is 30.3 Å². The van der Waals surface area contributed by atoms with Crippen molar-refractivity contribution in [3.63, 3.8) is 0 Å². The third kappa shape index (κ3) is 1.69. The zero-order valence-corrected chi connectivity index (χ0v) is 7.88. The Hall–Kier alpha value is -1.56. The monoisotopic (exact) mass is 210 g/mol. The van der Waals surface area contributed by atoms with Gasteiger partial charge in [-0.05, 0) is 23.9 Å². The van der Waals surface area contributed by atoms with Gasteiger partial charge in [0.2, 0.25) is 0 Å². The van der Waals surface area contributed by atoms with Crippen molar-refractivity contribution in [3.8, 4) is 0 Å². The van der Waals surface area contributed by atoms with Crippen molar-refractivity contribution in [2.45, 2.75) is 10.1 Å². The summed E-state index contributed by atoms with van der Waals surface area (Å²) in [6.45, 7) is 0. The van der Waals surface area contributed by atoms with E-state index >= 15 is 0 Å². The maximum atomic E-state index is 13.0. The number of aromatic amines is 1. The van der Waals surface area contributed by atoms with E-state index in [1.54, 1.807) is 12.1 Å². The minimum Gasteiger partial charge on any atom is -0.395 e. The van der Waals surface area contributed by atoms with E-state index in [2.05, 4.69) is 15.2 Å². The van der Waals surface area contributed by atoms with Crippen molar-refractivity contribution in [2.75, 3.05) is 5.73 Å². The van der Waals surface area contributed by atoms with Crippen LogP contribution in [0.3, 0.4) is 0 Å². The number of aromatic nitrogens is 3. The van der Waals surface area contributed by atoms with E-state index in [1.807, 2.05) is 0 Å². The van der Waals surface area contributed by atoms with Gasteiger partial charge < -0.3 is 5.73 Å². The summed E-state index contributed by atoms with van der Waals surface area (Å²) >= 11 is 1.24. The summed E-state index contributed by atoms with van der Waals surface area (Å²) in [7, 11) is 0. The SMILES string of the molecule is Nc1c(F)cccc1Sc1ncn[nH]1. The molecular formula is C8H7FN4S. The van der Waals surface area contributed by atoms with Gasteiger partial charge in [0.25, 0.3) is 0 Å². The van der Waals surface area contributed by atoms with Crippen molar-refractivity contribution >= 4 is 17.4 Å². The Kier molecular flexibility index (Phi) is 2.36. The molecule has 0 saturated carbocycles. The number of nitrogens with zero attached hydrogens (tertiary/aromatic N) is 2. The first kappa shape index (κ1) is 9.01. The van der Waals surface area contributed by atoms with Crippen LogP contribution >= 0.6 is 11.8 Å². The van der Waals surface area contributed by atoms with Crippen LogP contribution in [0.1, 0.15) is 0 Å². The predicted molar refractivity (Wildman–Crippen MR) is 51.3 cm³/mol. The van der Waals surface area contributed by atoms with Gasteiger partial charge in [-0.25, -0.2) is 9.37 Å². The molecule has 0 aliphatic heterocycles. The van der Waals surface area contributed by atoms with Crippen LogP contribution in [-0.2, 0) is 0 Å². The third-order valence-corrected chi connectivity index (χ3v) is 2.58. The van der Waals surface area contributed by atoms with Gasteiger partial charge in [-0.2, -0.15) is 5.10 Å². The second kappa shape index (κ2) is 3.67. The standard InChI is InChI=1S/C8H7FN4S/c9-5-2-1-3-6(7(5)10)14-8-11-4-12-13-8/h1-4H,10H2,(H,11,12,13). The van der Waals surface area contributed by atoms with Crippen molar-refractivity contribution in [2.24, 2.45) is 0 Å². The molecule has 0 amide bonds. The summed E-state index contributed by atoms with van der Waals surface area (Å²) in [6.07, 6.45) is 1.39. The highest BCUT2D eigenvalue weighted by atomic mass is 32.2. The third-order valence-electron chi connectivity index (χ3n) is 1.61. The first-order chi connectivity index (χ1) is 6.77. The number of halogens is 1. The zero-order valence-electron chi connectivity index (χ0n) is 7.07. The Morgan fingerprint density at radius 2 is 2.29 bits per heavy atom. The molecule has 14 heavy (non-hydrogen) atoms. The summed E-state index contributed by atoms with van der Waals surface area (Å²) in [5, 5.41) is 6.92. The molecule has 6 heteroatoms. The maximum absolute atomic E-state index is 13.0. The largest absolute Gasteiger partial charge is 0.395 e. The number of nitrogens with one attached hydrogen (secondary N) is 1. The van der Waals surface area contributed by atoms with Gasteiger partial charge in [0.15, 0.2) is 5.16 Å². The molecule has 0 radical (unpaired) electrons. The van der Waals surface area contributed by atoms with Crippen LogP contribution in [0, 0.1) is 5.82 Å². The van der Waals surface area contributed by atoms with Gasteiger partial charge >= 0.3 is 0 Å². The summed E-state index contributed by atoms with van der Waals surface area (Å²) in [5.74, 6) is -0.422. The molecule has 0 bridgehead atoms. The first-order valence-electron chi connectivity index (χ1n) is 3.84. The molecule has 4 nitrogen and oxygen atoms in total. The number of nitrogen functional groups attached to an aromatic ring is 1. The molecule has 0 fully saturated rings. The lowest BCUT2D eigenvalue weighted by Gasteiger charge is -2.02. The average Bonchev–Trinajstić information content (AvgIpc) is 2.66. The number of hydrogen-bond acceptors (Lipinski definition) is 4. The topological polar surface area (TPSA) is 67.6 Å². The smallest absolute Gasteiger partial charge is 0.188 e. The van der Waals surface area contributed by atoms with E-state index in [0.29, 0.717) is 10.1 Å². The van der Waals surface area contributed by atoms with Gasteiger partial charge in [-0.15, -0.1) is 0 Å². The molecule has 0 unspecified atom stereocenters. The van der Waals surface area contributed by atoms with Gasteiger partial charge in [0.1, 0.15) is 12.1 Å². The Labute approximate surface area is 83.7 Å². The van der Waals surface area contributed by atoms with Crippen molar-refractivity contribution < 1.29 is 4.39 Å². The number of H-pyrrole nitrogens is 1. The van der Waals surface area contributed by atoms with E-state index in [-0.39, 0.29) is 5.69 Å². The molecule has 1 aromatic carbocycles. The van der Waals surface area contributed by atoms with Gasteiger partial charge in [0.05, 0.1) is 5.69 Å². The fraction of sp³-hybridized carbons (Fsp3) is 0. The molecular weight excluding hydrogens is 203 g/mol. The molecule has 1 aromatic heterocycles. The molecule has 0 saturated heterocycles. The molecule has 1 heterocycles. The molecule has 0 spiro atoms. The first-order valence-corrected chi connectivity index (χ1v) is 4.66. The summed E-state index contributed by atoms with van der Waals surface area (Å²) in [4.78, 5) is 4.53. The highest BCUT2D eigenvalue weighted by Crippen LogP contribution is 2.30. The molecule has 3 N–H and O–H groups in total. The number of anilines is 1. The molecule has 0 aliphatic carbocycles. The molecule has 0 aliphatic rings. The average molecular weight is 210 g/mol. The number of nitrogens with two attached hydrogens (primary N) is 1. The predicted octanol–water partition coefficient (Wildman–Crippen LogP) is 1.68. The highest BCUT2D eigenvalue weighted by molar-refractivity contribution is 7.99. The van der Waals surface area contributed by atoms with Crippen LogP contribution < -0.4 is 5.73 Å². The molecule has 72 valence electrons. The Bertz CT molecular complexity index is 429. The van der Waals surface area contributed by atoms with E-state index in [0.717, 1.165) is 0 Å². The summed E-state index contributed by atoms with van der Waals surface area (Å²) in [5.41, 5.74) is 5.67. The lowest BCUT2D eigenvalue weighted by atomic mass is 10.3. The quantitative estimate of drug-likeness (QED) is 0.740. The lowest BCUT2D eigenvalue weighted by molar-refractivity contribution is 0.629. The van der Waals surface area contributed by atoms with E-state index in [1.165, 1.54) is 24.2 Å². The Morgan fingerprint density at radius 1 is 1.43 bits per heavy atom. The van der Waals surface area contributed by atoms with E-state index < -0.39 is 5.82 Å². The van der Waals surface area contributed by atoms with Crippen LogP contribution in [-0.4, -0.2) is 15.2 Å². The maximum Gasteiger partial charge on any atom is 0.188 e. The number of rotatable bonds is 2. The van der Waals surface area contributed by atoms with Crippen LogP contribution in [0.5, 0.6) is 0 Å². The second-order valence-corrected chi connectivity index (χ2v) is 3.57. The van der Waals surface area contributed by atoms with Crippen molar-refractivity contribution in [1.29, 1.82) is 0 Å². The molecule has 2 rings (SSSR count). The Balaban J connectivity index is 2.29. The van der Waals surface area contributed by atoms with Crippen LogP contribution in [0.4, 0.5) is 10.1 Å². The number of hydrogen-bond donors (Lipinski definition) is 2. The van der Waals surface area contributed by atoms with Gasteiger partial charge in [-0.3, -0.25) is 5.10 Å². The van der Waals surface area contributed by atoms with Gasteiger partial charge in [-0.1, -0.05) is 6.07 Å². The summed E-state index contributed by atoms with van der Waals surface area (Å²) in [6, 6.07) is 4.65. The molecule has 0 atom stereocenters. The zero-order chi connectivity index (χ0) is 9.97. The van der Waals surface area contributed by atoms with Crippen LogP contribution in [0.25, 0.3) is 0 Å². The number of para-hydroxylation sites is 1. The van der Waals surface area contributed by atoms with Crippen LogP contribution in [0.2, 0.25) is 0 Å². The lowest BCUT2D eigenvalue weighted by Crippen LogP contribution is -1.92. The Morgan fingerprint density at radius 3 is 3.00 bits per heavy atom.